The van der Waals surface area contributed by atoms with E-state index >= 15 is 0 Å². The Labute approximate surface area is 86.5 Å². The minimum absolute atomic E-state index is 0.137. The topological polar surface area (TPSA) is 71.8 Å². The van der Waals surface area contributed by atoms with Gasteiger partial charge in [-0.25, -0.2) is 0 Å². The van der Waals surface area contributed by atoms with E-state index in [1.165, 1.54) is 0 Å². The summed E-state index contributed by atoms with van der Waals surface area (Å²) in [6, 6.07) is 9.32. The summed E-state index contributed by atoms with van der Waals surface area (Å²) in [4.78, 5) is 10.8. The number of benzene rings is 1. The lowest BCUT2D eigenvalue weighted by Gasteiger charge is -2.01. The van der Waals surface area contributed by atoms with Gasteiger partial charge in [0.05, 0.1) is 11.6 Å². The zero-order valence-corrected chi connectivity index (χ0v) is 7.97. The van der Waals surface area contributed by atoms with Crippen LogP contribution in [0.2, 0.25) is 0 Å². The lowest BCUT2D eigenvalue weighted by molar-refractivity contribution is -0.118. The first-order valence-electron chi connectivity index (χ1n) is 4.48. The third kappa shape index (κ3) is 1.55. The van der Waals surface area contributed by atoms with Crippen LogP contribution in [0.15, 0.2) is 30.5 Å². The first-order valence-corrected chi connectivity index (χ1v) is 4.48. The Bertz CT molecular complexity index is 563. The van der Waals surface area contributed by atoms with Crippen LogP contribution >= 0.6 is 0 Å². The second-order valence-corrected chi connectivity index (χ2v) is 3.26. The lowest BCUT2D eigenvalue weighted by Crippen LogP contribution is -2.17. The van der Waals surface area contributed by atoms with E-state index in [1.807, 2.05) is 12.1 Å². The fourth-order valence-electron chi connectivity index (χ4n) is 1.63. The molecule has 74 valence electrons. The molecule has 0 saturated carbocycles. The Balaban J connectivity index is 2.62. The predicted molar refractivity (Wildman–Crippen MR) is 55.8 cm³/mol. The van der Waals surface area contributed by atoms with Crippen LogP contribution in [-0.2, 0) is 11.3 Å². The lowest BCUT2D eigenvalue weighted by atomic mass is 10.1. The molecule has 1 aromatic heterocycles. The minimum Gasteiger partial charge on any atom is -0.368 e. The highest BCUT2D eigenvalue weighted by molar-refractivity contribution is 5.87. The van der Waals surface area contributed by atoms with Gasteiger partial charge in [-0.2, -0.15) is 5.26 Å². The van der Waals surface area contributed by atoms with Crippen LogP contribution in [0.1, 0.15) is 5.56 Å². The number of fused-ring (bicyclic) bond motifs is 1. The predicted octanol–water partition coefficient (Wildman–Crippen LogP) is 0.998. The summed E-state index contributed by atoms with van der Waals surface area (Å²) >= 11 is 0. The molecule has 2 rings (SSSR count). The quantitative estimate of drug-likeness (QED) is 0.783. The van der Waals surface area contributed by atoms with E-state index in [0.29, 0.717) is 5.56 Å². The van der Waals surface area contributed by atoms with Crippen molar-refractivity contribution in [2.45, 2.75) is 6.54 Å². The molecule has 0 spiro atoms. The van der Waals surface area contributed by atoms with Crippen LogP contribution in [0, 0.1) is 11.3 Å². The van der Waals surface area contributed by atoms with Gasteiger partial charge in [-0.1, -0.05) is 6.07 Å². The molecule has 0 aliphatic rings. The second-order valence-electron chi connectivity index (χ2n) is 3.26. The first-order chi connectivity index (χ1) is 7.22. The fourth-order valence-corrected chi connectivity index (χ4v) is 1.63. The summed E-state index contributed by atoms with van der Waals surface area (Å²) in [6.45, 7) is 0.137. The van der Waals surface area contributed by atoms with Crippen molar-refractivity contribution < 1.29 is 4.79 Å². The third-order valence-electron chi connectivity index (χ3n) is 2.26. The molecular weight excluding hydrogens is 190 g/mol. The molecule has 4 heteroatoms. The largest absolute Gasteiger partial charge is 0.368 e. The van der Waals surface area contributed by atoms with E-state index in [9.17, 15) is 4.79 Å². The minimum atomic E-state index is -0.394. The van der Waals surface area contributed by atoms with E-state index < -0.39 is 5.91 Å². The molecule has 1 aromatic carbocycles. The second kappa shape index (κ2) is 3.46. The standard InChI is InChI=1S/C11H9N3O/c12-6-8-2-1-3-10-9(8)4-5-14(10)7-11(13)15/h1-5H,7H2,(H2,13,15). The Morgan fingerprint density at radius 3 is 2.93 bits per heavy atom. The molecule has 0 fully saturated rings. The smallest absolute Gasteiger partial charge is 0.237 e. The monoisotopic (exact) mass is 199 g/mol. The molecule has 1 amide bonds. The number of hydrogen-bond donors (Lipinski definition) is 1. The Morgan fingerprint density at radius 2 is 2.27 bits per heavy atom. The molecule has 0 unspecified atom stereocenters. The molecule has 0 radical (unpaired) electrons. The van der Waals surface area contributed by atoms with Gasteiger partial charge >= 0.3 is 0 Å². The average Bonchev–Trinajstić information content (AvgIpc) is 2.61. The highest BCUT2D eigenvalue weighted by Crippen LogP contribution is 2.19. The first kappa shape index (κ1) is 9.28. The number of rotatable bonds is 2. The SMILES string of the molecule is N#Cc1cccc2c1ccn2CC(N)=O. The van der Waals surface area contributed by atoms with Crippen LogP contribution < -0.4 is 5.73 Å². The number of nitrogens with zero attached hydrogens (tertiary/aromatic N) is 2. The Hall–Kier alpha value is -2.28. The number of carbonyl (C=O) groups is 1. The summed E-state index contributed by atoms with van der Waals surface area (Å²) in [5.74, 6) is -0.394. The van der Waals surface area contributed by atoms with Gasteiger partial charge in [-0.3, -0.25) is 4.79 Å². The molecule has 0 saturated heterocycles. The van der Waals surface area contributed by atoms with E-state index in [-0.39, 0.29) is 6.54 Å². The molecule has 0 aliphatic carbocycles. The zero-order valence-electron chi connectivity index (χ0n) is 7.97. The van der Waals surface area contributed by atoms with E-state index in [1.54, 1.807) is 22.9 Å². The van der Waals surface area contributed by atoms with Crippen LogP contribution in [0.3, 0.4) is 0 Å². The van der Waals surface area contributed by atoms with Gasteiger partial charge in [-0.15, -0.1) is 0 Å². The van der Waals surface area contributed by atoms with Crippen molar-refractivity contribution in [2.75, 3.05) is 0 Å². The summed E-state index contributed by atoms with van der Waals surface area (Å²) in [5.41, 5.74) is 6.58. The van der Waals surface area contributed by atoms with Gasteiger partial charge in [-0.05, 0) is 18.2 Å². The Morgan fingerprint density at radius 1 is 1.47 bits per heavy atom. The van der Waals surface area contributed by atoms with Crippen molar-refractivity contribution in [1.29, 1.82) is 5.26 Å². The van der Waals surface area contributed by atoms with Crippen molar-refractivity contribution in [3.8, 4) is 6.07 Å². The van der Waals surface area contributed by atoms with E-state index in [4.69, 9.17) is 11.0 Å². The molecule has 4 nitrogen and oxygen atoms in total. The molecule has 0 aliphatic heterocycles. The molecule has 0 bridgehead atoms. The summed E-state index contributed by atoms with van der Waals surface area (Å²) in [7, 11) is 0. The van der Waals surface area contributed by atoms with Gasteiger partial charge < -0.3 is 10.3 Å². The number of primary amides is 1. The molecule has 2 aromatic rings. The summed E-state index contributed by atoms with van der Waals surface area (Å²) in [6.07, 6.45) is 1.76. The van der Waals surface area contributed by atoms with Crippen LogP contribution in [0.4, 0.5) is 0 Å². The number of nitrogens with two attached hydrogens (primary N) is 1. The van der Waals surface area contributed by atoms with Crippen LogP contribution in [0.25, 0.3) is 10.9 Å². The number of carbonyl (C=O) groups excluding carboxylic acids is 1. The number of nitriles is 1. The van der Waals surface area contributed by atoms with Gasteiger partial charge in [0, 0.05) is 17.1 Å². The van der Waals surface area contributed by atoms with Crippen LogP contribution in [-0.4, -0.2) is 10.5 Å². The maximum Gasteiger partial charge on any atom is 0.237 e. The Kier molecular flexibility index (Phi) is 2.14. The van der Waals surface area contributed by atoms with Crippen molar-refractivity contribution in [1.82, 2.24) is 4.57 Å². The normalized spacial score (nSPS) is 10.1. The van der Waals surface area contributed by atoms with Crippen molar-refractivity contribution in [3.63, 3.8) is 0 Å². The highest BCUT2D eigenvalue weighted by atomic mass is 16.1. The van der Waals surface area contributed by atoms with Crippen molar-refractivity contribution >= 4 is 16.8 Å². The van der Waals surface area contributed by atoms with Gasteiger partial charge in [0.2, 0.25) is 5.91 Å². The molecule has 1 heterocycles. The third-order valence-corrected chi connectivity index (χ3v) is 2.26. The maximum atomic E-state index is 10.8. The average molecular weight is 199 g/mol. The number of aromatic nitrogens is 1. The maximum absolute atomic E-state index is 10.8. The summed E-state index contributed by atoms with van der Waals surface area (Å²) in [5, 5.41) is 9.72. The molecular formula is C11H9N3O. The van der Waals surface area contributed by atoms with Gasteiger partial charge in [0.15, 0.2) is 0 Å². The number of amides is 1. The van der Waals surface area contributed by atoms with Crippen LogP contribution in [0.5, 0.6) is 0 Å². The van der Waals surface area contributed by atoms with E-state index in [2.05, 4.69) is 6.07 Å². The molecule has 0 atom stereocenters. The van der Waals surface area contributed by atoms with Crippen molar-refractivity contribution in [2.24, 2.45) is 5.73 Å². The van der Waals surface area contributed by atoms with Crippen molar-refractivity contribution in [3.05, 3.63) is 36.0 Å². The van der Waals surface area contributed by atoms with Gasteiger partial charge in [0.25, 0.3) is 0 Å². The summed E-state index contributed by atoms with van der Waals surface area (Å²) < 4.78 is 1.73. The molecule has 15 heavy (non-hydrogen) atoms. The van der Waals surface area contributed by atoms with E-state index in [0.717, 1.165) is 10.9 Å². The van der Waals surface area contributed by atoms with Gasteiger partial charge in [0.1, 0.15) is 6.54 Å². The zero-order chi connectivity index (χ0) is 10.8. The number of hydrogen-bond acceptors (Lipinski definition) is 2. The molecule has 2 N–H and O–H groups in total. The fraction of sp³-hybridized carbons (Fsp3) is 0.0909. The highest BCUT2D eigenvalue weighted by Gasteiger charge is 2.05.